The smallest absolute Gasteiger partial charge is 0.119 e. The van der Waals surface area contributed by atoms with Crippen molar-refractivity contribution in [3.8, 4) is 5.75 Å². The lowest BCUT2D eigenvalue weighted by atomic mass is 10.2. The van der Waals surface area contributed by atoms with Crippen LogP contribution in [0.5, 0.6) is 5.75 Å². The van der Waals surface area contributed by atoms with E-state index in [2.05, 4.69) is 52.2 Å². The molecule has 1 N–H and O–H groups in total. The molecule has 0 amide bonds. The van der Waals surface area contributed by atoms with E-state index in [9.17, 15) is 0 Å². The minimum atomic E-state index is 0.688. The summed E-state index contributed by atoms with van der Waals surface area (Å²) in [6.45, 7) is 2.42. The SMILES string of the molecule is Ic1cccc(CNCCOc2ccccc2)c1. The van der Waals surface area contributed by atoms with Gasteiger partial charge in [-0.2, -0.15) is 0 Å². The maximum Gasteiger partial charge on any atom is 0.119 e. The van der Waals surface area contributed by atoms with Crippen molar-refractivity contribution in [2.24, 2.45) is 0 Å². The third kappa shape index (κ3) is 4.66. The van der Waals surface area contributed by atoms with Crippen molar-refractivity contribution in [1.29, 1.82) is 0 Å². The summed E-state index contributed by atoms with van der Waals surface area (Å²) in [7, 11) is 0. The summed E-state index contributed by atoms with van der Waals surface area (Å²) < 4.78 is 6.87. The van der Waals surface area contributed by atoms with Crippen molar-refractivity contribution in [3.05, 3.63) is 63.7 Å². The number of para-hydroxylation sites is 1. The van der Waals surface area contributed by atoms with Crippen molar-refractivity contribution in [1.82, 2.24) is 5.32 Å². The first-order valence-electron chi connectivity index (χ1n) is 5.97. The number of rotatable bonds is 6. The fourth-order valence-corrected chi connectivity index (χ4v) is 2.25. The van der Waals surface area contributed by atoms with Crippen LogP contribution in [-0.2, 0) is 6.54 Å². The third-order valence-corrected chi connectivity index (χ3v) is 3.18. The van der Waals surface area contributed by atoms with Crippen molar-refractivity contribution in [3.63, 3.8) is 0 Å². The Morgan fingerprint density at radius 3 is 2.61 bits per heavy atom. The van der Waals surface area contributed by atoms with Crippen molar-refractivity contribution in [2.45, 2.75) is 6.54 Å². The molecule has 0 aromatic heterocycles. The van der Waals surface area contributed by atoms with Gasteiger partial charge in [-0.15, -0.1) is 0 Å². The van der Waals surface area contributed by atoms with Gasteiger partial charge in [-0.25, -0.2) is 0 Å². The molecule has 0 fully saturated rings. The predicted octanol–water partition coefficient (Wildman–Crippen LogP) is 3.46. The van der Waals surface area contributed by atoms with E-state index < -0.39 is 0 Å². The van der Waals surface area contributed by atoms with Crippen LogP contribution in [0.2, 0.25) is 0 Å². The molecule has 0 unspecified atom stereocenters. The first kappa shape index (κ1) is 13.4. The summed E-state index contributed by atoms with van der Waals surface area (Å²) in [5.74, 6) is 0.925. The molecule has 2 rings (SSSR count). The number of nitrogens with one attached hydrogen (secondary N) is 1. The van der Waals surface area contributed by atoms with Crippen molar-refractivity contribution in [2.75, 3.05) is 13.2 Å². The Morgan fingerprint density at radius 1 is 1.00 bits per heavy atom. The molecular weight excluding hydrogens is 337 g/mol. The quantitative estimate of drug-likeness (QED) is 0.634. The fraction of sp³-hybridized carbons (Fsp3) is 0.200. The number of hydrogen-bond donors (Lipinski definition) is 1. The zero-order valence-corrected chi connectivity index (χ0v) is 12.3. The molecule has 3 heteroatoms. The number of hydrogen-bond acceptors (Lipinski definition) is 2. The van der Waals surface area contributed by atoms with E-state index in [1.807, 2.05) is 30.3 Å². The molecule has 0 atom stereocenters. The summed E-state index contributed by atoms with van der Waals surface area (Å²) in [5, 5.41) is 3.37. The zero-order valence-electron chi connectivity index (χ0n) is 10.1. The molecular formula is C15H16INO. The van der Waals surface area contributed by atoms with Gasteiger partial charge in [-0.1, -0.05) is 30.3 Å². The lowest BCUT2D eigenvalue weighted by Gasteiger charge is -2.07. The molecule has 0 radical (unpaired) electrons. The Bertz CT molecular complexity index is 473. The van der Waals surface area contributed by atoms with E-state index in [1.165, 1.54) is 9.13 Å². The molecule has 2 nitrogen and oxygen atoms in total. The molecule has 0 aliphatic carbocycles. The molecule has 18 heavy (non-hydrogen) atoms. The number of halogens is 1. The second-order valence-electron chi connectivity index (χ2n) is 3.97. The Labute approximate surface area is 122 Å². The Hall–Kier alpha value is -1.07. The highest BCUT2D eigenvalue weighted by atomic mass is 127. The van der Waals surface area contributed by atoms with Crippen molar-refractivity contribution < 1.29 is 4.74 Å². The minimum absolute atomic E-state index is 0.688. The molecule has 2 aromatic rings. The predicted molar refractivity (Wildman–Crippen MR) is 82.8 cm³/mol. The monoisotopic (exact) mass is 353 g/mol. The van der Waals surface area contributed by atoms with Gasteiger partial charge in [0.15, 0.2) is 0 Å². The second-order valence-corrected chi connectivity index (χ2v) is 5.21. The molecule has 0 heterocycles. The molecule has 0 aliphatic heterocycles. The van der Waals surface area contributed by atoms with Crippen LogP contribution in [0, 0.1) is 3.57 Å². The van der Waals surface area contributed by atoms with Gasteiger partial charge in [0, 0.05) is 16.7 Å². The molecule has 2 aromatic carbocycles. The van der Waals surface area contributed by atoms with Crippen LogP contribution >= 0.6 is 22.6 Å². The summed E-state index contributed by atoms with van der Waals surface area (Å²) in [6.07, 6.45) is 0. The summed E-state index contributed by atoms with van der Waals surface area (Å²) >= 11 is 2.33. The van der Waals surface area contributed by atoms with Crippen molar-refractivity contribution >= 4 is 22.6 Å². The Kier molecular flexibility index (Phi) is 5.48. The van der Waals surface area contributed by atoms with Gasteiger partial charge in [0.05, 0.1) is 0 Å². The van der Waals surface area contributed by atoms with Gasteiger partial charge >= 0.3 is 0 Å². The Morgan fingerprint density at radius 2 is 1.83 bits per heavy atom. The second kappa shape index (κ2) is 7.38. The van der Waals surface area contributed by atoms with E-state index in [-0.39, 0.29) is 0 Å². The standard InChI is InChI=1S/C15H16INO/c16-14-6-4-5-13(11-14)12-17-9-10-18-15-7-2-1-3-8-15/h1-8,11,17H,9-10,12H2. The molecule has 0 spiro atoms. The Balaban J connectivity index is 1.65. The molecule has 0 saturated carbocycles. The normalized spacial score (nSPS) is 10.3. The average molecular weight is 353 g/mol. The van der Waals surface area contributed by atoms with Gasteiger partial charge in [0.1, 0.15) is 12.4 Å². The van der Waals surface area contributed by atoms with E-state index in [0.717, 1.165) is 18.8 Å². The van der Waals surface area contributed by atoms with Crippen LogP contribution in [0.1, 0.15) is 5.56 Å². The van der Waals surface area contributed by atoms with Gasteiger partial charge in [-0.05, 0) is 52.4 Å². The van der Waals surface area contributed by atoms with Crippen LogP contribution in [0.3, 0.4) is 0 Å². The fourth-order valence-electron chi connectivity index (χ4n) is 1.64. The largest absolute Gasteiger partial charge is 0.492 e. The van der Waals surface area contributed by atoms with Crippen LogP contribution < -0.4 is 10.1 Å². The highest BCUT2D eigenvalue weighted by molar-refractivity contribution is 14.1. The highest BCUT2D eigenvalue weighted by Crippen LogP contribution is 2.08. The molecule has 94 valence electrons. The third-order valence-electron chi connectivity index (χ3n) is 2.51. The van der Waals surface area contributed by atoms with Gasteiger partial charge < -0.3 is 10.1 Å². The zero-order chi connectivity index (χ0) is 12.6. The van der Waals surface area contributed by atoms with Gasteiger partial charge in [-0.3, -0.25) is 0 Å². The van der Waals surface area contributed by atoms with Crippen LogP contribution in [-0.4, -0.2) is 13.2 Å². The maximum absolute atomic E-state index is 5.60. The highest BCUT2D eigenvalue weighted by Gasteiger charge is 1.94. The minimum Gasteiger partial charge on any atom is -0.492 e. The van der Waals surface area contributed by atoms with Gasteiger partial charge in [0.2, 0.25) is 0 Å². The summed E-state index contributed by atoms with van der Waals surface area (Å²) in [4.78, 5) is 0. The topological polar surface area (TPSA) is 21.3 Å². The van der Waals surface area contributed by atoms with E-state index >= 15 is 0 Å². The van der Waals surface area contributed by atoms with Crippen LogP contribution in [0.4, 0.5) is 0 Å². The van der Waals surface area contributed by atoms with Crippen LogP contribution in [0.25, 0.3) is 0 Å². The maximum atomic E-state index is 5.60. The number of ether oxygens (including phenoxy) is 1. The first-order chi connectivity index (χ1) is 8.84. The average Bonchev–Trinajstić information content (AvgIpc) is 2.40. The van der Waals surface area contributed by atoms with E-state index in [4.69, 9.17) is 4.74 Å². The molecule has 0 saturated heterocycles. The lowest BCUT2D eigenvalue weighted by Crippen LogP contribution is -2.20. The van der Waals surface area contributed by atoms with E-state index in [1.54, 1.807) is 0 Å². The summed E-state index contributed by atoms with van der Waals surface area (Å²) in [6, 6.07) is 18.4. The first-order valence-corrected chi connectivity index (χ1v) is 7.05. The van der Waals surface area contributed by atoms with E-state index in [0.29, 0.717) is 6.61 Å². The number of benzene rings is 2. The molecule has 0 aliphatic rings. The molecule has 0 bridgehead atoms. The lowest BCUT2D eigenvalue weighted by molar-refractivity contribution is 0.313. The summed E-state index contributed by atoms with van der Waals surface area (Å²) in [5.41, 5.74) is 1.31. The van der Waals surface area contributed by atoms with Crippen LogP contribution in [0.15, 0.2) is 54.6 Å². The van der Waals surface area contributed by atoms with Gasteiger partial charge in [0.25, 0.3) is 0 Å².